The van der Waals surface area contributed by atoms with Crippen LogP contribution in [0.2, 0.25) is 0 Å². The molecule has 0 N–H and O–H groups in total. The van der Waals surface area contributed by atoms with Gasteiger partial charge in [0.15, 0.2) is 0 Å². The predicted molar refractivity (Wildman–Crippen MR) is 92.2 cm³/mol. The Kier molecular flexibility index (Phi) is 6.69. The van der Waals surface area contributed by atoms with Gasteiger partial charge in [0.05, 0.1) is 5.69 Å². The second-order valence-corrected chi connectivity index (χ2v) is 5.28. The summed E-state index contributed by atoms with van der Waals surface area (Å²) in [5.74, 6) is 0. The second-order valence-electron chi connectivity index (χ2n) is 5.28. The van der Waals surface area contributed by atoms with Crippen molar-refractivity contribution in [3.63, 3.8) is 0 Å². The fourth-order valence-corrected chi connectivity index (χ4v) is 2.44. The fourth-order valence-electron chi connectivity index (χ4n) is 2.44. The van der Waals surface area contributed by atoms with Crippen LogP contribution in [0, 0.1) is 11.3 Å². The zero-order chi connectivity index (χ0) is 18.2. The summed E-state index contributed by atoms with van der Waals surface area (Å²) in [7, 11) is 0. The van der Waals surface area contributed by atoms with E-state index in [1.165, 1.54) is 4.57 Å². The van der Waals surface area contributed by atoms with E-state index in [1.807, 2.05) is 43.3 Å². The molecule has 0 aliphatic carbocycles. The van der Waals surface area contributed by atoms with Crippen molar-refractivity contribution in [2.24, 2.45) is 0 Å². The Hall–Kier alpha value is -2.69. The zero-order valence-electron chi connectivity index (χ0n) is 14.4. The standard InChI is InChI=1S/C18H21N3O4/c1-3-24-12-20-16(10-14-8-6-5-7-9-14)15(11-19)17(22)21(18(20)23)13-25-4-2/h5-9H,3-4,10,12-13H2,1-2H3. The van der Waals surface area contributed by atoms with Crippen LogP contribution < -0.4 is 11.2 Å². The molecule has 0 aliphatic heterocycles. The lowest BCUT2D eigenvalue weighted by Gasteiger charge is -2.17. The summed E-state index contributed by atoms with van der Waals surface area (Å²) in [5, 5.41) is 9.51. The molecule has 0 atom stereocenters. The van der Waals surface area contributed by atoms with Crippen LogP contribution in [-0.2, 0) is 29.4 Å². The van der Waals surface area contributed by atoms with Crippen molar-refractivity contribution < 1.29 is 9.47 Å². The molecule has 0 radical (unpaired) electrons. The lowest BCUT2D eigenvalue weighted by Crippen LogP contribution is -2.44. The minimum Gasteiger partial charge on any atom is -0.361 e. The second kappa shape index (κ2) is 8.97. The van der Waals surface area contributed by atoms with Gasteiger partial charge >= 0.3 is 5.69 Å². The molecule has 0 spiro atoms. The smallest absolute Gasteiger partial charge is 0.335 e. The molecule has 0 aliphatic rings. The van der Waals surface area contributed by atoms with Crippen molar-refractivity contribution in [2.45, 2.75) is 33.7 Å². The topological polar surface area (TPSA) is 86.2 Å². The van der Waals surface area contributed by atoms with Crippen LogP contribution in [0.5, 0.6) is 0 Å². The van der Waals surface area contributed by atoms with Gasteiger partial charge in [0.25, 0.3) is 5.56 Å². The number of hydrogen-bond donors (Lipinski definition) is 0. The Morgan fingerprint density at radius 2 is 1.60 bits per heavy atom. The molecule has 0 unspecified atom stereocenters. The van der Waals surface area contributed by atoms with Gasteiger partial charge in [-0.3, -0.25) is 9.36 Å². The molecular weight excluding hydrogens is 322 g/mol. The molecule has 0 saturated heterocycles. The van der Waals surface area contributed by atoms with Gasteiger partial charge in [-0.25, -0.2) is 9.36 Å². The first-order chi connectivity index (χ1) is 12.1. The first-order valence-corrected chi connectivity index (χ1v) is 8.10. The molecule has 0 fully saturated rings. The molecule has 0 bridgehead atoms. The number of hydrogen-bond acceptors (Lipinski definition) is 5. The van der Waals surface area contributed by atoms with E-state index < -0.39 is 11.2 Å². The summed E-state index contributed by atoms with van der Waals surface area (Å²) in [4.78, 5) is 25.3. The Morgan fingerprint density at radius 3 is 2.16 bits per heavy atom. The molecule has 1 aromatic carbocycles. The number of nitriles is 1. The normalized spacial score (nSPS) is 10.6. The summed E-state index contributed by atoms with van der Waals surface area (Å²) >= 11 is 0. The van der Waals surface area contributed by atoms with E-state index in [9.17, 15) is 14.9 Å². The minimum absolute atomic E-state index is 0.0292. The highest BCUT2D eigenvalue weighted by Crippen LogP contribution is 2.11. The molecule has 2 rings (SSSR count). The summed E-state index contributed by atoms with van der Waals surface area (Å²) in [6, 6.07) is 11.3. The lowest BCUT2D eigenvalue weighted by atomic mass is 10.1. The molecule has 132 valence electrons. The van der Waals surface area contributed by atoms with Gasteiger partial charge in [-0.05, 0) is 19.4 Å². The molecule has 7 heteroatoms. The maximum absolute atomic E-state index is 12.7. The molecule has 2 aromatic rings. The summed E-state index contributed by atoms with van der Waals surface area (Å²) in [6.45, 7) is 4.11. The molecular formula is C18H21N3O4. The van der Waals surface area contributed by atoms with Crippen LogP contribution in [0.15, 0.2) is 39.9 Å². The average Bonchev–Trinajstić information content (AvgIpc) is 2.62. The van der Waals surface area contributed by atoms with E-state index in [2.05, 4.69) is 0 Å². The van der Waals surface area contributed by atoms with Crippen molar-refractivity contribution >= 4 is 0 Å². The van der Waals surface area contributed by atoms with Crippen molar-refractivity contribution in [1.29, 1.82) is 5.26 Å². The van der Waals surface area contributed by atoms with Gasteiger partial charge < -0.3 is 9.47 Å². The highest BCUT2D eigenvalue weighted by atomic mass is 16.5. The van der Waals surface area contributed by atoms with E-state index in [1.54, 1.807) is 6.92 Å². The molecule has 0 saturated carbocycles. The number of nitrogens with zero attached hydrogens (tertiary/aromatic N) is 3. The van der Waals surface area contributed by atoms with E-state index in [4.69, 9.17) is 9.47 Å². The maximum Gasteiger partial charge on any atom is 0.335 e. The predicted octanol–water partition coefficient (Wildman–Crippen LogP) is 1.46. The third-order valence-electron chi connectivity index (χ3n) is 3.71. The highest BCUT2D eigenvalue weighted by molar-refractivity contribution is 5.35. The summed E-state index contributed by atoms with van der Waals surface area (Å²) < 4.78 is 12.8. The molecule has 0 amide bonds. The zero-order valence-corrected chi connectivity index (χ0v) is 14.4. The molecule has 25 heavy (non-hydrogen) atoms. The van der Waals surface area contributed by atoms with Crippen molar-refractivity contribution in [3.8, 4) is 6.07 Å². The van der Waals surface area contributed by atoms with E-state index in [-0.39, 0.29) is 25.4 Å². The summed E-state index contributed by atoms with van der Waals surface area (Å²) in [6.07, 6.45) is 0.288. The van der Waals surface area contributed by atoms with Crippen LogP contribution in [0.25, 0.3) is 0 Å². The average molecular weight is 343 g/mol. The van der Waals surface area contributed by atoms with Crippen LogP contribution in [-0.4, -0.2) is 22.3 Å². The fraction of sp³-hybridized carbons (Fsp3) is 0.389. The van der Waals surface area contributed by atoms with Crippen LogP contribution in [0.3, 0.4) is 0 Å². The van der Waals surface area contributed by atoms with Gasteiger partial charge in [0, 0.05) is 19.6 Å². The first kappa shape index (κ1) is 18.6. The van der Waals surface area contributed by atoms with E-state index in [0.29, 0.717) is 18.9 Å². The number of ether oxygens (including phenoxy) is 2. The Labute approximate surface area is 145 Å². The highest BCUT2D eigenvalue weighted by Gasteiger charge is 2.19. The first-order valence-electron chi connectivity index (χ1n) is 8.10. The molecule has 1 aromatic heterocycles. The van der Waals surface area contributed by atoms with E-state index >= 15 is 0 Å². The quantitative estimate of drug-likeness (QED) is 0.724. The number of benzene rings is 1. The molecule has 7 nitrogen and oxygen atoms in total. The number of rotatable bonds is 8. The van der Waals surface area contributed by atoms with Crippen LogP contribution in [0.1, 0.15) is 30.7 Å². The monoisotopic (exact) mass is 343 g/mol. The van der Waals surface area contributed by atoms with E-state index in [0.717, 1.165) is 10.1 Å². The van der Waals surface area contributed by atoms with Gasteiger partial charge in [-0.1, -0.05) is 30.3 Å². The third-order valence-corrected chi connectivity index (χ3v) is 3.71. The van der Waals surface area contributed by atoms with Gasteiger partial charge in [0.2, 0.25) is 0 Å². The van der Waals surface area contributed by atoms with Gasteiger partial charge in [-0.2, -0.15) is 5.26 Å². The Morgan fingerprint density at radius 1 is 1.00 bits per heavy atom. The minimum atomic E-state index is -0.639. The SMILES string of the molecule is CCOCn1c(Cc2ccccc2)c(C#N)c(=O)n(COCC)c1=O. The maximum atomic E-state index is 12.7. The van der Waals surface area contributed by atoms with Gasteiger partial charge in [-0.15, -0.1) is 0 Å². The van der Waals surface area contributed by atoms with Crippen molar-refractivity contribution in [2.75, 3.05) is 13.2 Å². The number of aromatic nitrogens is 2. The van der Waals surface area contributed by atoms with Crippen LogP contribution >= 0.6 is 0 Å². The van der Waals surface area contributed by atoms with Crippen LogP contribution in [0.4, 0.5) is 0 Å². The lowest BCUT2D eigenvalue weighted by molar-refractivity contribution is 0.0648. The van der Waals surface area contributed by atoms with Crippen molar-refractivity contribution in [3.05, 3.63) is 68.0 Å². The largest absolute Gasteiger partial charge is 0.361 e. The van der Waals surface area contributed by atoms with Crippen molar-refractivity contribution in [1.82, 2.24) is 9.13 Å². The van der Waals surface area contributed by atoms with Gasteiger partial charge in [0.1, 0.15) is 25.1 Å². The summed E-state index contributed by atoms with van der Waals surface area (Å²) in [5.41, 5.74) is -0.00479. The third kappa shape index (κ3) is 4.24. The molecule has 1 heterocycles. The Balaban J connectivity index is 2.64. The Bertz CT molecular complexity index is 863.